The molecule has 3 aromatic rings. The third-order valence-electron chi connectivity index (χ3n) is 5.28. The van der Waals surface area contributed by atoms with Gasteiger partial charge in [0.25, 0.3) is 0 Å². The number of hydrogen-bond acceptors (Lipinski definition) is 1. The van der Waals surface area contributed by atoms with E-state index >= 15 is 0 Å². The SMILES string of the molecule is C/C(=C/n1c2c(c3cc(Cl)ccc31)CCN(C)CC2)c1ccc(F)cc1. The molecule has 1 aliphatic heterocycles. The van der Waals surface area contributed by atoms with Crippen LogP contribution in [0, 0.1) is 5.82 Å². The second-order valence-corrected chi connectivity index (χ2v) is 7.52. The van der Waals surface area contributed by atoms with Crippen molar-refractivity contribution in [3.05, 3.63) is 70.1 Å². The first kappa shape index (κ1) is 17.3. The first-order chi connectivity index (χ1) is 12.5. The summed E-state index contributed by atoms with van der Waals surface area (Å²) in [7, 11) is 2.17. The Balaban J connectivity index is 1.89. The molecule has 0 radical (unpaired) electrons. The summed E-state index contributed by atoms with van der Waals surface area (Å²) < 4.78 is 15.5. The van der Waals surface area contributed by atoms with Crippen molar-refractivity contribution in [2.24, 2.45) is 0 Å². The van der Waals surface area contributed by atoms with E-state index in [9.17, 15) is 4.39 Å². The van der Waals surface area contributed by atoms with Crippen LogP contribution in [-0.2, 0) is 12.8 Å². The van der Waals surface area contributed by atoms with E-state index < -0.39 is 0 Å². The maximum Gasteiger partial charge on any atom is 0.123 e. The van der Waals surface area contributed by atoms with Gasteiger partial charge in [-0.05, 0) is 67.4 Å². The number of likely N-dealkylation sites (N-methyl/N-ethyl adjacent to an activating group) is 1. The lowest BCUT2D eigenvalue weighted by molar-refractivity contribution is 0.351. The van der Waals surface area contributed by atoms with E-state index in [-0.39, 0.29) is 5.82 Å². The van der Waals surface area contributed by atoms with Crippen LogP contribution < -0.4 is 0 Å². The highest BCUT2D eigenvalue weighted by Crippen LogP contribution is 2.32. The van der Waals surface area contributed by atoms with E-state index in [1.165, 1.54) is 34.3 Å². The summed E-state index contributed by atoms with van der Waals surface area (Å²) in [4.78, 5) is 2.37. The summed E-state index contributed by atoms with van der Waals surface area (Å²) in [6.45, 7) is 4.17. The fourth-order valence-electron chi connectivity index (χ4n) is 3.80. The molecule has 0 fully saturated rings. The Morgan fingerprint density at radius 2 is 1.81 bits per heavy atom. The lowest BCUT2D eigenvalue weighted by Gasteiger charge is -2.13. The zero-order chi connectivity index (χ0) is 18.3. The average molecular weight is 369 g/mol. The molecule has 134 valence electrons. The molecule has 0 spiro atoms. The average Bonchev–Trinajstić information content (AvgIpc) is 2.76. The first-order valence-corrected chi connectivity index (χ1v) is 9.35. The number of aromatic nitrogens is 1. The van der Waals surface area contributed by atoms with Crippen LogP contribution >= 0.6 is 11.6 Å². The molecule has 0 bridgehead atoms. The van der Waals surface area contributed by atoms with Gasteiger partial charge in [0.1, 0.15) is 5.82 Å². The summed E-state index contributed by atoms with van der Waals surface area (Å²) in [5.74, 6) is -0.209. The molecule has 1 aromatic heterocycles. The number of nitrogens with zero attached hydrogens (tertiary/aromatic N) is 2. The van der Waals surface area contributed by atoms with Gasteiger partial charge in [0, 0.05) is 41.8 Å². The normalized spacial score (nSPS) is 15.9. The zero-order valence-corrected chi connectivity index (χ0v) is 15.9. The number of halogens is 2. The van der Waals surface area contributed by atoms with Gasteiger partial charge in [0.15, 0.2) is 0 Å². The number of rotatable bonds is 2. The highest BCUT2D eigenvalue weighted by atomic mass is 35.5. The Labute approximate surface area is 158 Å². The standard InChI is InChI=1S/C22H22ClFN2/c1-15(16-3-6-18(24)7-4-16)14-26-21-8-5-17(23)13-20(21)19-9-11-25(2)12-10-22(19)26/h3-8,13-14H,9-12H2,1-2H3/b15-14-. The van der Waals surface area contributed by atoms with E-state index in [2.05, 4.69) is 41.8 Å². The summed E-state index contributed by atoms with van der Waals surface area (Å²) in [6.07, 6.45) is 4.21. The van der Waals surface area contributed by atoms with E-state index in [1.54, 1.807) is 0 Å². The van der Waals surface area contributed by atoms with Crippen LogP contribution in [0.4, 0.5) is 4.39 Å². The minimum Gasteiger partial charge on any atom is -0.320 e. The Kier molecular flexibility index (Phi) is 4.60. The van der Waals surface area contributed by atoms with Gasteiger partial charge in [0.05, 0.1) is 5.52 Å². The Bertz CT molecular complexity index is 986. The fourth-order valence-corrected chi connectivity index (χ4v) is 3.97. The molecule has 0 aliphatic carbocycles. The first-order valence-electron chi connectivity index (χ1n) is 8.97. The molecule has 2 heterocycles. The molecular weight excluding hydrogens is 347 g/mol. The van der Waals surface area contributed by atoms with Crippen LogP contribution in [0.25, 0.3) is 22.7 Å². The predicted molar refractivity (Wildman–Crippen MR) is 108 cm³/mol. The number of allylic oxidation sites excluding steroid dienone is 1. The molecule has 26 heavy (non-hydrogen) atoms. The van der Waals surface area contributed by atoms with Gasteiger partial charge in [-0.1, -0.05) is 23.7 Å². The monoisotopic (exact) mass is 368 g/mol. The molecular formula is C22H22ClFN2. The van der Waals surface area contributed by atoms with Crippen LogP contribution in [0.15, 0.2) is 42.5 Å². The van der Waals surface area contributed by atoms with Crippen molar-refractivity contribution >= 4 is 34.3 Å². The van der Waals surface area contributed by atoms with Crippen molar-refractivity contribution < 1.29 is 4.39 Å². The van der Waals surface area contributed by atoms with Gasteiger partial charge in [-0.2, -0.15) is 0 Å². The van der Waals surface area contributed by atoms with Gasteiger partial charge in [0.2, 0.25) is 0 Å². The van der Waals surface area contributed by atoms with Crippen LogP contribution in [0.5, 0.6) is 0 Å². The van der Waals surface area contributed by atoms with Crippen LogP contribution in [0.2, 0.25) is 5.02 Å². The van der Waals surface area contributed by atoms with E-state index in [1.807, 2.05) is 18.2 Å². The third-order valence-corrected chi connectivity index (χ3v) is 5.51. The Hall–Kier alpha value is -2.10. The van der Waals surface area contributed by atoms with Gasteiger partial charge >= 0.3 is 0 Å². The van der Waals surface area contributed by atoms with Gasteiger partial charge in [-0.3, -0.25) is 0 Å². The topological polar surface area (TPSA) is 8.17 Å². The van der Waals surface area contributed by atoms with Crippen molar-refractivity contribution in [1.29, 1.82) is 0 Å². The minimum absolute atomic E-state index is 0.209. The van der Waals surface area contributed by atoms with Crippen LogP contribution in [0.1, 0.15) is 23.7 Å². The maximum atomic E-state index is 13.2. The summed E-state index contributed by atoms with van der Waals surface area (Å²) in [5.41, 5.74) is 6.08. The lowest BCUT2D eigenvalue weighted by atomic mass is 10.1. The van der Waals surface area contributed by atoms with Crippen LogP contribution in [0.3, 0.4) is 0 Å². The molecule has 0 atom stereocenters. The lowest BCUT2D eigenvalue weighted by Crippen LogP contribution is -2.21. The third kappa shape index (κ3) is 3.17. The molecule has 4 rings (SSSR count). The smallest absolute Gasteiger partial charge is 0.123 e. The number of fused-ring (bicyclic) bond motifs is 3. The van der Waals surface area contributed by atoms with Gasteiger partial charge in [-0.15, -0.1) is 0 Å². The fraction of sp³-hybridized carbons (Fsp3) is 0.273. The van der Waals surface area contributed by atoms with Crippen molar-refractivity contribution in [2.75, 3.05) is 20.1 Å². The summed E-state index contributed by atoms with van der Waals surface area (Å²) in [5, 5.41) is 2.01. The largest absolute Gasteiger partial charge is 0.320 e. The van der Waals surface area contributed by atoms with Crippen LogP contribution in [-0.4, -0.2) is 29.6 Å². The molecule has 0 N–H and O–H groups in total. The van der Waals surface area contributed by atoms with Crippen molar-refractivity contribution in [3.63, 3.8) is 0 Å². The number of benzene rings is 2. The molecule has 0 saturated heterocycles. The molecule has 2 aromatic carbocycles. The molecule has 0 saturated carbocycles. The second kappa shape index (κ2) is 6.90. The van der Waals surface area contributed by atoms with Crippen molar-refractivity contribution in [2.45, 2.75) is 19.8 Å². The molecule has 1 aliphatic rings. The van der Waals surface area contributed by atoms with Crippen molar-refractivity contribution in [3.8, 4) is 0 Å². The van der Waals surface area contributed by atoms with Gasteiger partial charge in [-0.25, -0.2) is 4.39 Å². The van der Waals surface area contributed by atoms with Gasteiger partial charge < -0.3 is 9.47 Å². The predicted octanol–water partition coefficient (Wildman–Crippen LogP) is 5.48. The highest BCUT2D eigenvalue weighted by molar-refractivity contribution is 6.31. The summed E-state index contributed by atoms with van der Waals surface area (Å²) >= 11 is 6.29. The number of hydrogen-bond donors (Lipinski definition) is 0. The minimum atomic E-state index is -0.209. The maximum absolute atomic E-state index is 13.2. The quantitative estimate of drug-likeness (QED) is 0.581. The van der Waals surface area contributed by atoms with E-state index in [4.69, 9.17) is 11.6 Å². The molecule has 0 unspecified atom stereocenters. The molecule has 2 nitrogen and oxygen atoms in total. The molecule has 0 amide bonds. The Morgan fingerprint density at radius 1 is 1.08 bits per heavy atom. The Morgan fingerprint density at radius 3 is 2.58 bits per heavy atom. The van der Waals surface area contributed by atoms with E-state index in [0.717, 1.165) is 42.1 Å². The molecule has 4 heteroatoms. The van der Waals surface area contributed by atoms with Crippen molar-refractivity contribution in [1.82, 2.24) is 9.47 Å². The highest BCUT2D eigenvalue weighted by Gasteiger charge is 2.20. The zero-order valence-electron chi connectivity index (χ0n) is 15.1. The second-order valence-electron chi connectivity index (χ2n) is 7.08. The van der Waals surface area contributed by atoms with E-state index in [0.29, 0.717) is 0 Å². The summed E-state index contributed by atoms with van der Waals surface area (Å²) in [6, 6.07) is 12.8.